The predicted octanol–water partition coefficient (Wildman–Crippen LogP) is 4.52. The van der Waals surface area contributed by atoms with Crippen LogP contribution in [-0.2, 0) is 12.7 Å². The maximum atomic E-state index is 12.7. The maximum Gasteiger partial charge on any atom is 0.416 e. The second-order valence-electron chi connectivity index (χ2n) is 7.46. The second-order valence-corrected chi connectivity index (χ2v) is 7.46. The number of ether oxygens (including phenoxy) is 1. The van der Waals surface area contributed by atoms with Crippen LogP contribution in [0.15, 0.2) is 48.5 Å². The van der Waals surface area contributed by atoms with Crippen molar-refractivity contribution in [3.63, 3.8) is 0 Å². The molecule has 0 saturated carbocycles. The Morgan fingerprint density at radius 2 is 1.70 bits per heavy atom. The summed E-state index contributed by atoms with van der Waals surface area (Å²) < 4.78 is 43.2. The van der Waals surface area contributed by atoms with E-state index >= 15 is 0 Å². The summed E-state index contributed by atoms with van der Waals surface area (Å²) in [6, 6.07) is 12.6. The molecule has 3 rings (SSSR count). The van der Waals surface area contributed by atoms with Gasteiger partial charge in [-0.2, -0.15) is 13.2 Å². The molecule has 1 heterocycles. The van der Waals surface area contributed by atoms with E-state index in [1.54, 1.807) is 14.2 Å². The Morgan fingerprint density at radius 1 is 1.10 bits per heavy atom. The number of anilines is 1. The summed E-state index contributed by atoms with van der Waals surface area (Å²) in [5.74, 6) is 0.817. The van der Waals surface area contributed by atoms with Crippen molar-refractivity contribution < 1.29 is 22.7 Å². The third kappa shape index (κ3) is 5.58. The molecule has 2 aromatic rings. The van der Waals surface area contributed by atoms with Gasteiger partial charge in [-0.1, -0.05) is 12.1 Å². The average molecular weight is 421 g/mol. The quantitative estimate of drug-likeness (QED) is 0.772. The fourth-order valence-corrected chi connectivity index (χ4v) is 3.50. The summed E-state index contributed by atoms with van der Waals surface area (Å²) in [5.41, 5.74) is 1.08. The van der Waals surface area contributed by atoms with Crippen molar-refractivity contribution in [1.29, 1.82) is 0 Å². The monoisotopic (exact) mass is 421 g/mol. The number of alkyl halides is 3. The van der Waals surface area contributed by atoms with Crippen molar-refractivity contribution in [3.05, 3.63) is 59.7 Å². The third-order valence-corrected chi connectivity index (χ3v) is 5.31. The van der Waals surface area contributed by atoms with Crippen LogP contribution >= 0.6 is 0 Å². The van der Waals surface area contributed by atoms with E-state index in [-0.39, 0.29) is 18.6 Å². The Kier molecular flexibility index (Phi) is 6.74. The van der Waals surface area contributed by atoms with Crippen LogP contribution in [0, 0.1) is 0 Å². The molecule has 0 spiro atoms. The summed E-state index contributed by atoms with van der Waals surface area (Å²) >= 11 is 0. The lowest BCUT2D eigenvalue weighted by Gasteiger charge is -2.34. The van der Waals surface area contributed by atoms with Crippen molar-refractivity contribution in [2.24, 2.45) is 0 Å². The van der Waals surface area contributed by atoms with Gasteiger partial charge < -0.3 is 19.9 Å². The fourth-order valence-electron chi connectivity index (χ4n) is 3.50. The molecule has 0 unspecified atom stereocenters. The molecule has 1 saturated heterocycles. The van der Waals surface area contributed by atoms with Gasteiger partial charge in [0.25, 0.3) is 0 Å². The van der Waals surface area contributed by atoms with Gasteiger partial charge in [-0.05, 0) is 54.8 Å². The average Bonchev–Trinajstić information content (AvgIpc) is 2.74. The first-order chi connectivity index (χ1) is 14.3. The summed E-state index contributed by atoms with van der Waals surface area (Å²) in [6.45, 7) is 1.91. The molecule has 1 aliphatic heterocycles. The first-order valence-electron chi connectivity index (χ1n) is 9.83. The zero-order chi connectivity index (χ0) is 21.7. The van der Waals surface area contributed by atoms with Crippen LogP contribution in [0.2, 0.25) is 0 Å². The molecule has 0 radical (unpaired) electrons. The number of carbonyl (C=O) groups excluding carboxylic acids is 1. The summed E-state index contributed by atoms with van der Waals surface area (Å²) in [4.78, 5) is 16.2. The van der Waals surface area contributed by atoms with E-state index < -0.39 is 11.7 Å². The SMILES string of the molecule is COc1ccc(N2CCC(NC(=O)N(C)Cc3ccc(C(F)(F)F)cc3)CC2)cc1. The predicted molar refractivity (Wildman–Crippen MR) is 110 cm³/mol. The van der Waals surface area contributed by atoms with Crippen LogP contribution in [0.5, 0.6) is 5.75 Å². The molecule has 0 atom stereocenters. The number of nitrogens with zero attached hydrogens (tertiary/aromatic N) is 2. The first kappa shape index (κ1) is 21.8. The van der Waals surface area contributed by atoms with Crippen LogP contribution in [0.4, 0.5) is 23.7 Å². The highest BCUT2D eigenvalue weighted by molar-refractivity contribution is 5.74. The van der Waals surface area contributed by atoms with Crippen molar-refractivity contribution in [2.75, 3.05) is 32.1 Å². The van der Waals surface area contributed by atoms with E-state index in [0.29, 0.717) is 5.56 Å². The number of halogens is 3. The van der Waals surface area contributed by atoms with Gasteiger partial charge in [0.15, 0.2) is 0 Å². The first-order valence-corrected chi connectivity index (χ1v) is 9.83. The Balaban J connectivity index is 1.46. The van der Waals surface area contributed by atoms with Gasteiger partial charge >= 0.3 is 12.2 Å². The molecular weight excluding hydrogens is 395 g/mol. The minimum absolute atomic E-state index is 0.0713. The molecule has 1 aliphatic rings. The topological polar surface area (TPSA) is 44.8 Å². The molecule has 8 heteroatoms. The van der Waals surface area contributed by atoms with Crippen LogP contribution in [-0.4, -0.2) is 44.2 Å². The molecule has 0 aliphatic carbocycles. The molecule has 5 nitrogen and oxygen atoms in total. The number of carbonyl (C=O) groups is 1. The van der Waals surface area contributed by atoms with Gasteiger partial charge in [-0.15, -0.1) is 0 Å². The zero-order valence-electron chi connectivity index (χ0n) is 17.1. The second kappa shape index (κ2) is 9.28. The normalized spacial score (nSPS) is 15.0. The van der Waals surface area contributed by atoms with Gasteiger partial charge in [0.1, 0.15) is 5.75 Å². The lowest BCUT2D eigenvalue weighted by atomic mass is 10.0. The molecule has 1 fully saturated rings. The largest absolute Gasteiger partial charge is 0.497 e. The van der Waals surface area contributed by atoms with Gasteiger partial charge in [-0.3, -0.25) is 0 Å². The van der Waals surface area contributed by atoms with Crippen LogP contribution in [0.3, 0.4) is 0 Å². The van der Waals surface area contributed by atoms with E-state index in [1.165, 1.54) is 17.0 Å². The standard InChI is InChI=1S/C22H26F3N3O2/c1-27(15-16-3-5-17(6-4-16)22(23,24)25)21(29)26-18-11-13-28(14-12-18)19-7-9-20(30-2)10-8-19/h3-10,18H,11-15H2,1-2H3,(H,26,29). The number of benzene rings is 2. The van der Waals surface area contributed by atoms with E-state index in [2.05, 4.69) is 10.2 Å². The number of hydrogen-bond donors (Lipinski definition) is 1. The molecule has 2 aromatic carbocycles. The highest BCUT2D eigenvalue weighted by Crippen LogP contribution is 2.29. The molecule has 30 heavy (non-hydrogen) atoms. The highest BCUT2D eigenvalue weighted by Gasteiger charge is 2.30. The zero-order valence-corrected chi connectivity index (χ0v) is 17.1. The third-order valence-electron chi connectivity index (χ3n) is 5.31. The smallest absolute Gasteiger partial charge is 0.416 e. The number of hydrogen-bond acceptors (Lipinski definition) is 3. The maximum absolute atomic E-state index is 12.7. The number of methoxy groups -OCH3 is 1. The summed E-state index contributed by atoms with van der Waals surface area (Å²) in [5, 5.41) is 3.03. The number of urea groups is 1. The number of nitrogens with one attached hydrogen (secondary N) is 1. The Morgan fingerprint density at radius 3 is 2.23 bits per heavy atom. The minimum Gasteiger partial charge on any atom is -0.497 e. The van der Waals surface area contributed by atoms with Crippen molar-refractivity contribution >= 4 is 11.7 Å². The van der Waals surface area contributed by atoms with Crippen molar-refractivity contribution in [1.82, 2.24) is 10.2 Å². The summed E-state index contributed by atoms with van der Waals surface area (Å²) in [6.07, 6.45) is -2.71. The van der Waals surface area contributed by atoms with Gasteiger partial charge in [0.05, 0.1) is 12.7 Å². The van der Waals surface area contributed by atoms with Crippen LogP contribution < -0.4 is 15.0 Å². The van der Waals surface area contributed by atoms with E-state index in [0.717, 1.165) is 49.5 Å². The lowest BCUT2D eigenvalue weighted by molar-refractivity contribution is -0.137. The molecular formula is C22H26F3N3O2. The van der Waals surface area contributed by atoms with Crippen LogP contribution in [0.25, 0.3) is 0 Å². The Hall–Kier alpha value is -2.90. The lowest BCUT2D eigenvalue weighted by Crippen LogP contribution is -2.48. The summed E-state index contributed by atoms with van der Waals surface area (Å²) in [7, 11) is 3.28. The van der Waals surface area contributed by atoms with Crippen molar-refractivity contribution in [2.45, 2.75) is 31.6 Å². The molecule has 0 aromatic heterocycles. The molecule has 1 N–H and O–H groups in total. The fraction of sp³-hybridized carbons (Fsp3) is 0.409. The Bertz CT molecular complexity index is 830. The molecule has 162 valence electrons. The number of rotatable bonds is 5. The molecule has 2 amide bonds. The Labute approximate surface area is 174 Å². The van der Waals surface area contributed by atoms with E-state index in [1.807, 2.05) is 24.3 Å². The highest BCUT2D eigenvalue weighted by atomic mass is 19.4. The van der Waals surface area contributed by atoms with Crippen LogP contribution in [0.1, 0.15) is 24.0 Å². The minimum atomic E-state index is -4.36. The molecule has 0 bridgehead atoms. The van der Waals surface area contributed by atoms with Crippen molar-refractivity contribution in [3.8, 4) is 5.75 Å². The van der Waals surface area contributed by atoms with Gasteiger partial charge in [0.2, 0.25) is 0 Å². The number of piperidine rings is 1. The number of amides is 2. The van der Waals surface area contributed by atoms with E-state index in [4.69, 9.17) is 4.74 Å². The van der Waals surface area contributed by atoms with Gasteiger partial charge in [-0.25, -0.2) is 4.79 Å². The van der Waals surface area contributed by atoms with E-state index in [9.17, 15) is 18.0 Å². The van der Waals surface area contributed by atoms with Gasteiger partial charge in [0, 0.05) is 38.4 Å².